The van der Waals surface area contributed by atoms with Crippen LogP contribution in [0.2, 0.25) is 0 Å². The Hall–Kier alpha value is -0.200. The van der Waals surface area contributed by atoms with Crippen molar-refractivity contribution in [3.63, 3.8) is 0 Å². The second-order valence-electron chi connectivity index (χ2n) is 4.33. The molecular formula is C10H25N5. The Balaban J connectivity index is 1.99. The summed E-state index contributed by atoms with van der Waals surface area (Å²) in [4.78, 5) is 2.50. The number of likely N-dealkylation sites (tertiary alicyclic amines) is 1. The summed E-state index contributed by atoms with van der Waals surface area (Å²) in [6.45, 7) is 5.99. The molecule has 1 aliphatic rings. The minimum Gasteiger partial charge on any atom is -0.329 e. The Kier molecular flexibility index (Phi) is 6.12. The van der Waals surface area contributed by atoms with Crippen LogP contribution in [-0.2, 0) is 0 Å². The molecule has 0 aromatic heterocycles. The summed E-state index contributed by atoms with van der Waals surface area (Å²) in [5.41, 5.74) is 14.4. The molecule has 0 aromatic rings. The summed E-state index contributed by atoms with van der Waals surface area (Å²) in [5.74, 6) is 0. The van der Waals surface area contributed by atoms with Crippen molar-refractivity contribution in [1.82, 2.24) is 15.3 Å². The van der Waals surface area contributed by atoms with Crippen LogP contribution < -0.4 is 16.9 Å². The van der Waals surface area contributed by atoms with E-state index in [9.17, 15) is 0 Å². The van der Waals surface area contributed by atoms with Crippen LogP contribution in [0.1, 0.15) is 12.8 Å². The van der Waals surface area contributed by atoms with Gasteiger partial charge in [-0.25, -0.2) is 5.01 Å². The van der Waals surface area contributed by atoms with Gasteiger partial charge in [0.2, 0.25) is 0 Å². The smallest absolute Gasteiger partial charge is 0.0304 e. The van der Waals surface area contributed by atoms with E-state index in [4.69, 9.17) is 11.5 Å². The Morgan fingerprint density at radius 3 is 2.67 bits per heavy atom. The molecular weight excluding hydrogens is 190 g/mol. The van der Waals surface area contributed by atoms with Gasteiger partial charge in [-0.05, 0) is 25.9 Å². The van der Waals surface area contributed by atoms with E-state index in [1.54, 1.807) is 0 Å². The highest BCUT2D eigenvalue weighted by Crippen LogP contribution is 2.05. The van der Waals surface area contributed by atoms with Crippen molar-refractivity contribution in [2.75, 3.05) is 46.3 Å². The number of likely N-dealkylation sites (N-methyl/N-ethyl adjacent to an activating group) is 1. The van der Waals surface area contributed by atoms with E-state index in [0.717, 1.165) is 19.6 Å². The molecule has 0 bridgehead atoms. The first-order valence-electron chi connectivity index (χ1n) is 5.85. The molecule has 5 nitrogen and oxygen atoms in total. The zero-order valence-electron chi connectivity index (χ0n) is 9.78. The minimum absolute atomic E-state index is 0.0548. The Bertz CT molecular complexity index is 158. The van der Waals surface area contributed by atoms with Gasteiger partial charge in [0.05, 0.1) is 0 Å². The number of nitrogens with one attached hydrogen (secondary N) is 1. The van der Waals surface area contributed by atoms with E-state index in [1.165, 1.54) is 25.9 Å². The van der Waals surface area contributed by atoms with Crippen LogP contribution in [0.4, 0.5) is 0 Å². The molecule has 90 valence electrons. The van der Waals surface area contributed by atoms with Crippen molar-refractivity contribution in [2.45, 2.75) is 18.9 Å². The standard InChI is InChI=1S/C10H25N5/c1-14(13-9-10(12)8-11)6-7-15-4-2-3-5-15/h10,13H,2-9,11-12H2,1H3. The molecule has 0 amide bonds. The van der Waals surface area contributed by atoms with E-state index >= 15 is 0 Å². The zero-order valence-corrected chi connectivity index (χ0v) is 9.78. The number of nitrogens with zero attached hydrogens (tertiary/aromatic N) is 2. The molecule has 1 saturated heterocycles. The maximum Gasteiger partial charge on any atom is 0.0304 e. The molecule has 1 heterocycles. The Morgan fingerprint density at radius 2 is 2.07 bits per heavy atom. The molecule has 0 aliphatic carbocycles. The van der Waals surface area contributed by atoms with Gasteiger partial charge in [0.15, 0.2) is 0 Å². The molecule has 0 spiro atoms. The van der Waals surface area contributed by atoms with Crippen molar-refractivity contribution in [3.8, 4) is 0 Å². The highest BCUT2D eigenvalue weighted by Gasteiger charge is 2.11. The lowest BCUT2D eigenvalue weighted by Gasteiger charge is -2.23. The van der Waals surface area contributed by atoms with Crippen LogP contribution in [-0.4, -0.2) is 62.3 Å². The average Bonchev–Trinajstić information content (AvgIpc) is 2.75. The summed E-state index contributed by atoms with van der Waals surface area (Å²) in [6.07, 6.45) is 2.71. The number of hydrazine groups is 1. The highest BCUT2D eigenvalue weighted by atomic mass is 15.5. The maximum atomic E-state index is 5.71. The van der Waals surface area contributed by atoms with Crippen LogP contribution in [0.3, 0.4) is 0 Å². The molecule has 5 heteroatoms. The van der Waals surface area contributed by atoms with Crippen molar-refractivity contribution in [1.29, 1.82) is 0 Å². The molecule has 1 fully saturated rings. The van der Waals surface area contributed by atoms with Crippen molar-refractivity contribution < 1.29 is 0 Å². The quantitative estimate of drug-likeness (QED) is 0.466. The fourth-order valence-corrected chi connectivity index (χ4v) is 1.73. The van der Waals surface area contributed by atoms with Crippen LogP contribution in [0.15, 0.2) is 0 Å². The lowest BCUT2D eigenvalue weighted by molar-refractivity contribution is 0.194. The summed E-state index contributed by atoms with van der Waals surface area (Å²) in [5, 5.41) is 2.10. The van der Waals surface area contributed by atoms with E-state index in [2.05, 4.69) is 22.4 Å². The monoisotopic (exact) mass is 215 g/mol. The van der Waals surface area contributed by atoms with Gasteiger partial charge in [-0.3, -0.25) is 5.43 Å². The van der Waals surface area contributed by atoms with Gasteiger partial charge in [-0.1, -0.05) is 0 Å². The minimum atomic E-state index is 0.0548. The van der Waals surface area contributed by atoms with Gasteiger partial charge in [-0.2, -0.15) is 0 Å². The predicted molar refractivity (Wildman–Crippen MR) is 63.3 cm³/mol. The van der Waals surface area contributed by atoms with Gasteiger partial charge in [0, 0.05) is 39.3 Å². The van der Waals surface area contributed by atoms with Crippen LogP contribution in [0.5, 0.6) is 0 Å². The number of hydrogen-bond acceptors (Lipinski definition) is 5. The van der Waals surface area contributed by atoms with Gasteiger partial charge in [0.1, 0.15) is 0 Å². The lowest BCUT2D eigenvalue weighted by atomic mass is 10.3. The van der Waals surface area contributed by atoms with Gasteiger partial charge in [0.25, 0.3) is 0 Å². The van der Waals surface area contributed by atoms with Gasteiger partial charge in [-0.15, -0.1) is 0 Å². The molecule has 1 unspecified atom stereocenters. The number of hydrogen-bond donors (Lipinski definition) is 3. The second-order valence-corrected chi connectivity index (χ2v) is 4.33. The van der Waals surface area contributed by atoms with E-state index < -0.39 is 0 Å². The third kappa shape index (κ3) is 5.44. The summed E-state index contributed by atoms with van der Waals surface area (Å²) in [7, 11) is 2.05. The normalized spacial score (nSPS) is 20.0. The van der Waals surface area contributed by atoms with E-state index in [0.29, 0.717) is 6.54 Å². The summed E-state index contributed by atoms with van der Waals surface area (Å²) in [6, 6.07) is 0.0548. The summed E-state index contributed by atoms with van der Waals surface area (Å²) < 4.78 is 0. The van der Waals surface area contributed by atoms with Gasteiger partial charge < -0.3 is 16.4 Å². The second kappa shape index (κ2) is 7.14. The van der Waals surface area contributed by atoms with Crippen LogP contribution in [0, 0.1) is 0 Å². The summed E-state index contributed by atoms with van der Waals surface area (Å²) >= 11 is 0. The largest absolute Gasteiger partial charge is 0.329 e. The van der Waals surface area contributed by atoms with Crippen molar-refractivity contribution in [2.24, 2.45) is 11.5 Å². The first kappa shape index (κ1) is 12.9. The molecule has 5 N–H and O–H groups in total. The first-order valence-corrected chi connectivity index (χ1v) is 5.85. The lowest BCUT2D eigenvalue weighted by Crippen LogP contribution is -2.47. The third-order valence-corrected chi connectivity index (χ3v) is 2.88. The van der Waals surface area contributed by atoms with Gasteiger partial charge >= 0.3 is 0 Å². The predicted octanol–water partition coefficient (Wildman–Crippen LogP) is -1.20. The molecule has 0 aromatic carbocycles. The zero-order chi connectivity index (χ0) is 11.1. The topological polar surface area (TPSA) is 70.5 Å². The first-order chi connectivity index (χ1) is 7.22. The average molecular weight is 215 g/mol. The molecule has 1 atom stereocenters. The van der Waals surface area contributed by atoms with Crippen molar-refractivity contribution in [3.05, 3.63) is 0 Å². The fraction of sp³-hybridized carbons (Fsp3) is 1.00. The molecule has 1 rings (SSSR count). The van der Waals surface area contributed by atoms with E-state index in [-0.39, 0.29) is 6.04 Å². The van der Waals surface area contributed by atoms with Crippen molar-refractivity contribution >= 4 is 0 Å². The maximum absolute atomic E-state index is 5.71. The highest BCUT2D eigenvalue weighted by molar-refractivity contribution is 4.67. The van der Waals surface area contributed by atoms with Crippen LogP contribution >= 0.6 is 0 Å². The Labute approximate surface area is 92.7 Å². The molecule has 0 radical (unpaired) electrons. The SMILES string of the molecule is CN(CCN1CCCC1)NCC(N)CN. The van der Waals surface area contributed by atoms with Crippen LogP contribution in [0.25, 0.3) is 0 Å². The molecule has 15 heavy (non-hydrogen) atoms. The number of nitrogens with two attached hydrogens (primary N) is 2. The molecule has 1 aliphatic heterocycles. The third-order valence-electron chi connectivity index (χ3n) is 2.88. The Morgan fingerprint density at radius 1 is 1.40 bits per heavy atom. The van der Waals surface area contributed by atoms with E-state index in [1.807, 2.05) is 0 Å². The fourth-order valence-electron chi connectivity index (χ4n) is 1.73. The molecule has 0 saturated carbocycles. The number of rotatable bonds is 7.